The van der Waals surface area contributed by atoms with E-state index in [2.05, 4.69) is 9.80 Å². The second-order valence-electron chi connectivity index (χ2n) is 19.2. The molecule has 5 N–H and O–H groups in total. The number of piperidine rings is 2. The Balaban J connectivity index is 0.894. The summed E-state index contributed by atoms with van der Waals surface area (Å²) in [5.41, 5.74) is -2.68. The van der Waals surface area contributed by atoms with Gasteiger partial charge in [0.25, 0.3) is 0 Å². The lowest BCUT2D eigenvalue weighted by atomic mass is 9.46. The molecular weight excluding hydrogens is 674 g/mol. The Morgan fingerprint density at radius 3 is 1.75 bits per heavy atom. The maximum atomic E-state index is 13.2. The smallest absolute Gasteiger partial charge is 0.181 e. The number of hydrogen-bond acceptors (Lipinski definition) is 11. The number of ether oxygens (including phenoxy) is 3. The van der Waals surface area contributed by atoms with E-state index < -0.39 is 51.7 Å². The van der Waals surface area contributed by atoms with Crippen LogP contribution in [0.5, 0.6) is 23.0 Å². The molecule has 4 bridgehead atoms. The predicted octanol–water partition coefficient (Wildman–Crippen LogP) is 2.82. The van der Waals surface area contributed by atoms with E-state index in [9.17, 15) is 25.5 Å². The molecule has 0 aromatic heterocycles. The third-order valence-electron chi connectivity index (χ3n) is 16.9. The van der Waals surface area contributed by atoms with Gasteiger partial charge in [0.1, 0.15) is 23.4 Å². The number of phenols is 2. The first-order chi connectivity index (χ1) is 25.5. The largest absolute Gasteiger partial charge is 0.504 e. The van der Waals surface area contributed by atoms with Crippen molar-refractivity contribution in [1.29, 1.82) is 0 Å². The minimum absolute atomic E-state index is 0.0293. The number of benzene rings is 2. The molecule has 6 aliphatic carbocycles. The lowest BCUT2D eigenvalue weighted by Crippen LogP contribution is -2.81. The molecule has 3 spiro atoms. The zero-order valence-corrected chi connectivity index (χ0v) is 30.0. The van der Waals surface area contributed by atoms with Gasteiger partial charge in [0.15, 0.2) is 29.2 Å². The molecule has 5 aliphatic heterocycles. The molecule has 11 heteroatoms. The van der Waals surface area contributed by atoms with Gasteiger partial charge in [-0.2, -0.15) is 0 Å². The third kappa shape index (κ3) is 3.43. The SMILES string of the molecule is Oc1ccc2c3c1O[C@@H]1[C@]34CCN(CC3CC3)[C@H](C2)[C@]4(O)CC[C@@]12C=N[C@@H]([C@]1(O)CC[C@@]3(O)[C@H]4Cc5ccc(O)c6c5[C@@]3(CCN4CC3CC3)[C@H]1O6)O2. The highest BCUT2D eigenvalue weighted by atomic mass is 16.6. The number of fused-ring (bicyclic) bond motifs is 1. The Hall–Kier alpha value is -2.93. The third-order valence-corrected chi connectivity index (χ3v) is 16.9. The summed E-state index contributed by atoms with van der Waals surface area (Å²) in [6.45, 7) is 3.60. The van der Waals surface area contributed by atoms with E-state index in [4.69, 9.17) is 19.2 Å². The number of hydrogen-bond donors (Lipinski definition) is 5. The molecule has 11 nitrogen and oxygen atoms in total. The van der Waals surface area contributed by atoms with Crippen molar-refractivity contribution in [3.8, 4) is 23.0 Å². The van der Waals surface area contributed by atoms with E-state index in [1.54, 1.807) is 12.1 Å². The van der Waals surface area contributed by atoms with Crippen LogP contribution in [0.2, 0.25) is 0 Å². The molecule has 13 rings (SSSR count). The van der Waals surface area contributed by atoms with Crippen LogP contribution in [-0.2, 0) is 28.4 Å². The van der Waals surface area contributed by atoms with Crippen LogP contribution >= 0.6 is 0 Å². The van der Waals surface area contributed by atoms with E-state index >= 15 is 0 Å². The van der Waals surface area contributed by atoms with Crippen molar-refractivity contribution in [3.05, 3.63) is 46.5 Å². The highest BCUT2D eigenvalue weighted by molar-refractivity contribution is 5.76. The minimum atomic E-state index is -1.62. The summed E-state index contributed by atoms with van der Waals surface area (Å²) < 4.78 is 20.9. The molecular formula is C42H49N3O8. The molecule has 11 atom stereocenters. The summed E-state index contributed by atoms with van der Waals surface area (Å²) in [7, 11) is 0. The summed E-state index contributed by atoms with van der Waals surface area (Å²) >= 11 is 0. The van der Waals surface area contributed by atoms with Crippen molar-refractivity contribution in [2.75, 3.05) is 26.2 Å². The Labute approximate surface area is 308 Å². The van der Waals surface area contributed by atoms with E-state index in [-0.39, 0.29) is 30.0 Å². The number of aliphatic imine (C=N–C) groups is 1. The molecule has 6 fully saturated rings. The van der Waals surface area contributed by atoms with Crippen LogP contribution in [0, 0.1) is 11.8 Å². The Kier molecular flexibility index (Phi) is 5.63. The van der Waals surface area contributed by atoms with Crippen molar-refractivity contribution in [3.63, 3.8) is 0 Å². The lowest BCUT2D eigenvalue weighted by Gasteiger charge is -2.66. The Morgan fingerprint density at radius 2 is 1.19 bits per heavy atom. The molecule has 280 valence electrons. The van der Waals surface area contributed by atoms with Crippen molar-refractivity contribution < 1.29 is 39.7 Å². The molecule has 0 amide bonds. The fraction of sp³-hybridized carbons (Fsp3) is 0.690. The van der Waals surface area contributed by atoms with E-state index in [0.717, 1.165) is 48.4 Å². The second kappa shape index (κ2) is 9.53. The number of aromatic hydroxyl groups is 2. The number of rotatable bonds is 5. The lowest BCUT2D eigenvalue weighted by molar-refractivity contribution is -0.280. The normalized spacial score (nSPS) is 48.0. The summed E-state index contributed by atoms with van der Waals surface area (Å²) in [6, 6.07) is 7.25. The van der Waals surface area contributed by atoms with Gasteiger partial charge in [0, 0.05) is 42.5 Å². The molecule has 2 saturated heterocycles. The van der Waals surface area contributed by atoms with Crippen molar-refractivity contribution in [2.24, 2.45) is 16.8 Å². The van der Waals surface area contributed by atoms with Gasteiger partial charge in [-0.25, -0.2) is 0 Å². The first-order valence-electron chi connectivity index (χ1n) is 20.5. The van der Waals surface area contributed by atoms with E-state index in [1.807, 2.05) is 18.3 Å². The maximum Gasteiger partial charge on any atom is 0.181 e. The van der Waals surface area contributed by atoms with Crippen LogP contribution in [0.25, 0.3) is 0 Å². The van der Waals surface area contributed by atoms with Crippen LogP contribution in [0.15, 0.2) is 29.3 Å². The summed E-state index contributed by atoms with van der Waals surface area (Å²) in [5, 5.41) is 61.8. The summed E-state index contributed by atoms with van der Waals surface area (Å²) in [4.78, 5) is 10.1. The zero-order valence-electron chi connectivity index (χ0n) is 30.0. The quantitative estimate of drug-likeness (QED) is 0.312. The highest BCUT2D eigenvalue weighted by Gasteiger charge is 2.80. The van der Waals surface area contributed by atoms with Gasteiger partial charge in [0.05, 0.1) is 22.0 Å². The Bertz CT molecular complexity index is 2040. The zero-order chi connectivity index (χ0) is 35.5. The van der Waals surface area contributed by atoms with Gasteiger partial charge in [-0.1, -0.05) is 12.1 Å². The molecule has 0 unspecified atom stereocenters. The molecule has 2 aromatic carbocycles. The first kappa shape index (κ1) is 31.3. The van der Waals surface area contributed by atoms with Gasteiger partial charge >= 0.3 is 0 Å². The average molecular weight is 724 g/mol. The second-order valence-corrected chi connectivity index (χ2v) is 19.2. The first-order valence-corrected chi connectivity index (χ1v) is 20.5. The van der Waals surface area contributed by atoms with Gasteiger partial charge in [0.2, 0.25) is 0 Å². The topological polar surface area (TPSA) is 148 Å². The highest BCUT2D eigenvalue weighted by Crippen LogP contribution is 2.71. The fourth-order valence-corrected chi connectivity index (χ4v) is 14.2. The summed E-state index contributed by atoms with van der Waals surface area (Å²) in [6.07, 6.45) is 8.43. The maximum absolute atomic E-state index is 13.2. The molecule has 2 aromatic rings. The van der Waals surface area contributed by atoms with Gasteiger partial charge in [-0.05, 0) is 125 Å². The number of nitrogens with zero attached hydrogens (tertiary/aromatic N) is 3. The fourth-order valence-electron chi connectivity index (χ4n) is 14.2. The molecule has 4 saturated carbocycles. The minimum Gasteiger partial charge on any atom is -0.504 e. The van der Waals surface area contributed by atoms with Crippen LogP contribution in [0.3, 0.4) is 0 Å². The number of likely N-dealkylation sites (tertiary alicyclic amines) is 2. The molecule has 11 aliphatic rings. The standard InChI is InChI=1S/C42H49N3O8/c46-26-7-5-24-17-28-41(49)11-9-37(34-38(41,30(24)32(26)51-34)13-15-44(28)19-22-1-2-22)21-43-36(53-37)40(48)10-12-42(50)29-18-25-6-8-27(47)33-31(25)39(42,35(40)52-33)14-16-45(29)20-23-3-4-23/h5-8,21-23,28-29,34-36,46-50H,1-4,9-20H2/t28-,29-,34+,35-,36-,37-,38+,39+,40+,41-,42-/m1/s1. The monoisotopic (exact) mass is 723 g/mol. The van der Waals surface area contributed by atoms with Crippen LogP contribution in [0.1, 0.15) is 86.5 Å². The van der Waals surface area contributed by atoms with Crippen LogP contribution < -0.4 is 9.47 Å². The number of phenolic OH excluding ortho intramolecular Hbond substituents is 2. The molecule has 5 heterocycles. The molecule has 0 radical (unpaired) electrons. The van der Waals surface area contributed by atoms with Crippen LogP contribution in [0.4, 0.5) is 0 Å². The predicted molar refractivity (Wildman–Crippen MR) is 191 cm³/mol. The van der Waals surface area contributed by atoms with Crippen molar-refractivity contribution in [2.45, 2.75) is 141 Å². The van der Waals surface area contributed by atoms with Crippen LogP contribution in [-0.4, -0.2) is 121 Å². The average Bonchev–Trinajstić information content (AvgIpc) is 4.02. The van der Waals surface area contributed by atoms with Gasteiger partial charge in [-0.15, -0.1) is 0 Å². The van der Waals surface area contributed by atoms with E-state index in [1.165, 1.54) is 25.7 Å². The van der Waals surface area contributed by atoms with Crippen molar-refractivity contribution in [1.82, 2.24) is 9.80 Å². The molecule has 53 heavy (non-hydrogen) atoms. The van der Waals surface area contributed by atoms with Crippen molar-refractivity contribution >= 4 is 6.21 Å². The Morgan fingerprint density at radius 1 is 0.660 bits per heavy atom. The van der Waals surface area contributed by atoms with E-state index in [0.29, 0.717) is 68.3 Å². The summed E-state index contributed by atoms with van der Waals surface area (Å²) in [5.74, 6) is 2.31. The van der Waals surface area contributed by atoms with Gasteiger partial charge < -0.3 is 39.7 Å². The number of aliphatic hydroxyl groups is 3. The van der Waals surface area contributed by atoms with Gasteiger partial charge in [-0.3, -0.25) is 14.8 Å².